The van der Waals surface area contributed by atoms with E-state index in [1.54, 1.807) is 42.5 Å². The topological polar surface area (TPSA) is 59.5 Å². The van der Waals surface area contributed by atoms with E-state index < -0.39 is 6.09 Å². The number of hydrogen-bond acceptors (Lipinski definition) is 5. The third-order valence-electron chi connectivity index (χ3n) is 4.22. The summed E-state index contributed by atoms with van der Waals surface area (Å²) in [5, 5.41) is 2.58. The Morgan fingerprint density at radius 1 is 1.21 bits per heavy atom. The van der Waals surface area contributed by atoms with Gasteiger partial charge >= 0.3 is 6.09 Å². The van der Waals surface area contributed by atoms with E-state index in [0.717, 1.165) is 10.6 Å². The van der Waals surface area contributed by atoms with Gasteiger partial charge in [-0.3, -0.25) is 9.69 Å². The molecule has 1 aromatic heterocycles. The summed E-state index contributed by atoms with van der Waals surface area (Å²) in [6.07, 6.45) is 2.68. The van der Waals surface area contributed by atoms with Gasteiger partial charge in [0, 0.05) is 22.2 Å². The number of anilines is 1. The summed E-state index contributed by atoms with van der Waals surface area (Å²) in [6.45, 7) is 0.814. The molecule has 0 atom stereocenters. The van der Waals surface area contributed by atoms with E-state index in [2.05, 4.69) is 4.98 Å². The van der Waals surface area contributed by atoms with Crippen LogP contribution in [0.4, 0.5) is 14.9 Å². The molecule has 1 saturated heterocycles. The SMILES string of the molecule is O=C(C=Cc1csc(-c2ccc(F)cc2)n1)c1cccc(N2CCOC2=O)c1. The van der Waals surface area contributed by atoms with Gasteiger partial charge in [0.1, 0.15) is 17.4 Å². The van der Waals surface area contributed by atoms with E-state index in [9.17, 15) is 14.0 Å². The Morgan fingerprint density at radius 2 is 2.04 bits per heavy atom. The molecule has 140 valence electrons. The van der Waals surface area contributed by atoms with E-state index in [-0.39, 0.29) is 11.6 Å². The fourth-order valence-corrected chi connectivity index (χ4v) is 3.59. The molecule has 0 spiro atoms. The first kappa shape index (κ1) is 18.1. The molecule has 1 aliphatic rings. The number of nitrogens with zero attached hydrogens (tertiary/aromatic N) is 2. The lowest BCUT2D eigenvalue weighted by molar-refractivity contribution is 0.104. The molecule has 1 fully saturated rings. The Bertz CT molecular complexity index is 1060. The molecule has 5 nitrogen and oxygen atoms in total. The molecule has 0 N–H and O–H groups in total. The Balaban J connectivity index is 1.49. The van der Waals surface area contributed by atoms with Crippen LogP contribution in [0.15, 0.2) is 60.0 Å². The van der Waals surface area contributed by atoms with Crippen molar-refractivity contribution < 1.29 is 18.7 Å². The van der Waals surface area contributed by atoms with Crippen LogP contribution in [0.5, 0.6) is 0 Å². The van der Waals surface area contributed by atoms with Gasteiger partial charge in [0.15, 0.2) is 5.78 Å². The second kappa shape index (κ2) is 7.74. The van der Waals surface area contributed by atoms with Crippen molar-refractivity contribution in [3.05, 3.63) is 77.1 Å². The molecular weight excluding hydrogens is 379 g/mol. The van der Waals surface area contributed by atoms with Gasteiger partial charge in [0.05, 0.1) is 12.2 Å². The molecule has 0 radical (unpaired) electrons. The van der Waals surface area contributed by atoms with Crippen LogP contribution >= 0.6 is 11.3 Å². The van der Waals surface area contributed by atoms with Gasteiger partial charge in [-0.2, -0.15) is 0 Å². The predicted molar refractivity (Wildman–Crippen MR) is 106 cm³/mol. The minimum atomic E-state index is -0.407. The average molecular weight is 394 g/mol. The van der Waals surface area contributed by atoms with Crippen LogP contribution in [-0.4, -0.2) is 30.0 Å². The summed E-state index contributed by atoms with van der Waals surface area (Å²) in [5.74, 6) is -0.485. The highest BCUT2D eigenvalue weighted by atomic mass is 32.1. The Hall–Kier alpha value is -3.32. The lowest BCUT2D eigenvalue weighted by Gasteiger charge is -2.13. The van der Waals surface area contributed by atoms with Crippen molar-refractivity contribution >= 4 is 35.0 Å². The lowest BCUT2D eigenvalue weighted by atomic mass is 10.1. The molecular formula is C21H15FN2O3S. The van der Waals surface area contributed by atoms with Crippen molar-refractivity contribution in [1.82, 2.24) is 4.98 Å². The maximum Gasteiger partial charge on any atom is 0.414 e. The van der Waals surface area contributed by atoms with E-state index in [4.69, 9.17) is 4.74 Å². The number of carbonyl (C=O) groups excluding carboxylic acids is 2. The van der Waals surface area contributed by atoms with Crippen LogP contribution in [0.3, 0.4) is 0 Å². The van der Waals surface area contributed by atoms with E-state index in [1.807, 2.05) is 5.38 Å². The van der Waals surface area contributed by atoms with Crippen molar-refractivity contribution in [2.45, 2.75) is 0 Å². The highest BCUT2D eigenvalue weighted by molar-refractivity contribution is 7.13. The van der Waals surface area contributed by atoms with Gasteiger partial charge < -0.3 is 4.74 Å². The average Bonchev–Trinajstić information content (AvgIpc) is 3.36. The van der Waals surface area contributed by atoms with E-state index in [1.165, 1.54) is 34.4 Å². The van der Waals surface area contributed by atoms with E-state index >= 15 is 0 Å². The summed E-state index contributed by atoms with van der Waals surface area (Å²) in [5.41, 5.74) is 2.58. The molecule has 0 bridgehead atoms. The van der Waals surface area contributed by atoms with Crippen LogP contribution in [0.1, 0.15) is 16.1 Å². The molecule has 7 heteroatoms. The number of benzene rings is 2. The highest BCUT2D eigenvalue weighted by Crippen LogP contribution is 2.25. The minimum absolute atomic E-state index is 0.189. The van der Waals surface area contributed by atoms with Gasteiger partial charge in [-0.25, -0.2) is 14.2 Å². The Kier molecular flexibility index (Phi) is 4.99. The maximum absolute atomic E-state index is 13.0. The fourth-order valence-electron chi connectivity index (χ4n) is 2.80. The van der Waals surface area contributed by atoms with Crippen molar-refractivity contribution in [3.63, 3.8) is 0 Å². The summed E-state index contributed by atoms with van der Waals surface area (Å²) < 4.78 is 18.0. The van der Waals surface area contributed by atoms with Crippen LogP contribution < -0.4 is 4.90 Å². The molecule has 28 heavy (non-hydrogen) atoms. The Labute approximate surface area is 164 Å². The number of amides is 1. The monoisotopic (exact) mass is 394 g/mol. The van der Waals surface area contributed by atoms with Crippen LogP contribution in [0.2, 0.25) is 0 Å². The van der Waals surface area contributed by atoms with Crippen molar-refractivity contribution in [1.29, 1.82) is 0 Å². The number of ketones is 1. The largest absolute Gasteiger partial charge is 0.447 e. The first-order valence-corrected chi connectivity index (χ1v) is 9.46. The molecule has 0 unspecified atom stereocenters. The highest BCUT2D eigenvalue weighted by Gasteiger charge is 2.23. The van der Waals surface area contributed by atoms with Gasteiger partial charge in [0.2, 0.25) is 0 Å². The third kappa shape index (κ3) is 3.84. The second-order valence-electron chi connectivity index (χ2n) is 6.10. The Morgan fingerprint density at radius 3 is 2.79 bits per heavy atom. The van der Waals surface area contributed by atoms with Crippen LogP contribution in [0, 0.1) is 5.82 Å². The number of halogens is 1. The van der Waals surface area contributed by atoms with E-state index in [0.29, 0.717) is 30.1 Å². The predicted octanol–water partition coefficient (Wildman–Crippen LogP) is 4.80. The first-order valence-electron chi connectivity index (χ1n) is 8.58. The number of rotatable bonds is 5. The molecule has 3 aromatic rings. The first-order chi connectivity index (χ1) is 13.6. The smallest absolute Gasteiger partial charge is 0.414 e. The van der Waals surface area contributed by atoms with Gasteiger partial charge in [-0.05, 0) is 48.6 Å². The number of allylic oxidation sites excluding steroid dienone is 1. The van der Waals surface area contributed by atoms with Crippen molar-refractivity contribution in [2.75, 3.05) is 18.1 Å². The summed E-state index contributed by atoms with van der Waals surface area (Å²) in [7, 11) is 0. The zero-order valence-electron chi connectivity index (χ0n) is 14.7. The number of aromatic nitrogens is 1. The van der Waals surface area contributed by atoms with Crippen molar-refractivity contribution in [3.8, 4) is 10.6 Å². The molecule has 2 aromatic carbocycles. The number of hydrogen-bond donors (Lipinski definition) is 0. The van der Waals surface area contributed by atoms with Crippen molar-refractivity contribution in [2.24, 2.45) is 0 Å². The van der Waals surface area contributed by atoms with Gasteiger partial charge in [-0.1, -0.05) is 12.1 Å². The zero-order chi connectivity index (χ0) is 19.5. The molecule has 4 rings (SSSR count). The van der Waals surface area contributed by atoms with Crippen LogP contribution in [0.25, 0.3) is 16.6 Å². The van der Waals surface area contributed by atoms with Gasteiger partial charge in [0.25, 0.3) is 0 Å². The molecule has 0 saturated carbocycles. The normalized spacial score (nSPS) is 13.9. The molecule has 2 heterocycles. The molecule has 1 amide bonds. The fraction of sp³-hybridized carbons (Fsp3) is 0.0952. The van der Waals surface area contributed by atoms with Gasteiger partial charge in [-0.15, -0.1) is 11.3 Å². The lowest BCUT2D eigenvalue weighted by Crippen LogP contribution is -2.23. The number of carbonyl (C=O) groups is 2. The maximum atomic E-state index is 13.0. The third-order valence-corrected chi connectivity index (χ3v) is 5.13. The second-order valence-corrected chi connectivity index (χ2v) is 6.96. The summed E-state index contributed by atoms with van der Waals surface area (Å²) >= 11 is 1.42. The molecule has 0 aliphatic carbocycles. The quantitative estimate of drug-likeness (QED) is 0.461. The number of cyclic esters (lactones) is 1. The zero-order valence-corrected chi connectivity index (χ0v) is 15.5. The summed E-state index contributed by atoms with van der Waals surface area (Å²) in [4.78, 5) is 30.1. The molecule has 1 aliphatic heterocycles. The number of thiazole rings is 1. The summed E-state index contributed by atoms with van der Waals surface area (Å²) in [6, 6.07) is 13.0. The minimum Gasteiger partial charge on any atom is -0.447 e. The van der Waals surface area contributed by atoms with Crippen LogP contribution in [-0.2, 0) is 4.74 Å². The number of ether oxygens (including phenoxy) is 1. The standard InChI is InChI=1S/C21H15FN2O3S/c22-16-6-4-14(5-7-16)20-23-17(13-28-20)8-9-19(25)15-2-1-3-18(12-15)24-10-11-27-21(24)26/h1-9,12-13H,10-11H2.